The fourth-order valence-electron chi connectivity index (χ4n) is 1.52. The van der Waals surface area contributed by atoms with E-state index >= 15 is 0 Å². The number of hydrogen-bond donors (Lipinski definition) is 1. The van der Waals surface area contributed by atoms with Crippen molar-refractivity contribution in [1.29, 1.82) is 0 Å². The van der Waals surface area contributed by atoms with Gasteiger partial charge in [0.25, 0.3) is 0 Å². The van der Waals surface area contributed by atoms with Gasteiger partial charge < -0.3 is 14.8 Å². The number of methoxy groups -OCH3 is 1. The van der Waals surface area contributed by atoms with E-state index in [1.807, 2.05) is 0 Å². The standard InChI is InChI=1S/C9H19NO2/c1-8(10-5-7-11-2)9-4-3-6-12-9/h8-10H,3-7H2,1-2H3. The maximum Gasteiger partial charge on any atom is 0.0726 e. The van der Waals surface area contributed by atoms with E-state index in [4.69, 9.17) is 9.47 Å². The summed E-state index contributed by atoms with van der Waals surface area (Å²) in [6.07, 6.45) is 2.82. The number of nitrogens with one attached hydrogen (secondary N) is 1. The van der Waals surface area contributed by atoms with E-state index in [0.717, 1.165) is 19.8 Å². The van der Waals surface area contributed by atoms with Crippen LogP contribution in [0.5, 0.6) is 0 Å². The molecule has 12 heavy (non-hydrogen) atoms. The minimum absolute atomic E-state index is 0.418. The minimum atomic E-state index is 0.418. The van der Waals surface area contributed by atoms with Gasteiger partial charge in [0, 0.05) is 26.3 Å². The van der Waals surface area contributed by atoms with Crippen LogP contribution in [0.2, 0.25) is 0 Å². The maximum absolute atomic E-state index is 5.54. The summed E-state index contributed by atoms with van der Waals surface area (Å²) in [4.78, 5) is 0. The van der Waals surface area contributed by atoms with Crippen molar-refractivity contribution in [2.75, 3.05) is 26.9 Å². The van der Waals surface area contributed by atoms with Gasteiger partial charge in [-0.2, -0.15) is 0 Å². The van der Waals surface area contributed by atoms with Gasteiger partial charge in [-0.05, 0) is 19.8 Å². The summed E-state index contributed by atoms with van der Waals surface area (Å²) in [6.45, 7) is 4.79. The van der Waals surface area contributed by atoms with Gasteiger partial charge in [0.1, 0.15) is 0 Å². The molecule has 0 amide bonds. The Morgan fingerprint density at radius 1 is 1.67 bits per heavy atom. The molecule has 72 valence electrons. The monoisotopic (exact) mass is 173 g/mol. The van der Waals surface area contributed by atoms with Crippen LogP contribution in [-0.2, 0) is 9.47 Å². The minimum Gasteiger partial charge on any atom is -0.383 e. The van der Waals surface area contributed by atoms with Gasteiger partial charge in [-0.1, -0.05) is 0 Å². The average molecular weight is 173 g/mol. The summed E-state index contributed by atoms with van der Waals surface area (Å²) in [5.74, 6) is 0. The summed E-state index contributed by atoms with van der Waals surface area (Å²) in [7, 11) is 1.72. The van der Waals surface area contributed by atoms with Crippen LogP contribution in [0.25, 0.3) is 0 Å². The Balaban J connectivity index is 2.05. The van der Waals surface area contributed by atoms with Crippen LogP contribution in [0, 0.1) is 0 Å². The van der Waals surface area contributed by atoms with Crippen LogP contribution in [0.15, 0.2) is 0 Å². The molecular weight excluding hydrogens is 154 g/mol. The van der Waals surface area contributed by atoms with Gasteiger partial charge in [0.05, 0.1) is 12.7 Å². The van der Waals surface area contributed by atoms with Crippen molar-refractivity contribution >= 4 is 0 Å². The first-order valence-corrected chi connectivity index (χ1v) is 4.68. The first-order chi connectivity index (χ1) is 5.84. The molecule has 0 bridgehead atoms. The molecule has 1 N–H and O–H groups in total. The first-order valence-electron chi connectivity index (χ1n) is 4.68. The van der Waals surface area contributed by atoms with E-state index in [-0.39, 0.29) is 0 Å². The Morgan fingerprint density at radius 2 is 2.50 bits per heavy atom. The van der Waals surface area contributed by atoms with Crippen molar-refractivity contribution in [3.63, 3.8) is 0 Å². The van der Waals surface area contributed by atoms with E-state index in [1.165, 1.54) is 12.8 Å². The molecule has 0 spiro atoms. The van der Waals surface area contributed by atoms with Crippen LogP contribution < -0.4 is 5.32 Å². The summed E-state index contributed by atoms with van der Waals surface area (Å²) in [6, 6.07) is 0.461. The second-order valence-electron chi connectivity index (χ2n) is 3.29. The van der Waals surface area contributed by atoms with Crippen LogP contribution in [-0.4, -0.2) is 39.0 Å². The molecule has 1 aliphatic heterocycles. The van der Waals surface area contributed by atoms with Crippen LogP contribution in [0.3, 0.4) is 0 Å². The van der Waals surface area contributed by atoms with E-state index in [1.54, 1.807) is 7.11 Å². The fraction of sp³-hybridized carbons (Fsp3) is 1.00. The maximum atomic E-state index is 5.54. The Bertz CT molecular complexity index is 113. The van der Waals surface area contributed by atoms with Gasteiger partial charge in [-0.15, -0.1) is 0 Å². The van der Waals surface area contributed by atoms with Crippen molar-refractivity contribution in [3.8, 4) is 0 Å². The molecule has 3 nitrogen and oxygen atoms in total. The van der Waals surface area contributed by atoms with Gasteiger partial charge in [-0.25, -0.2) is 0 Å². The zero-order valence-electron chi connectivity index (χ0n) is 8.01. The SMILES string of the molecule is COCCNC(C)C1CCCO1. The fourth-order valence-corrected chi connectivity index (χ4v) is 1.52. The van der Waals surface area contributed by atoms with Gasteiger partial charge in [0.15, 0.2) is 0 Å². The molecule has 0 saturated carbocycles. The zero-order valence-corrected chi connectivity index (χ0v) is 8.01. The summed E-state index contributed by atoms with van der Waals surface area (Å²) in [5.41, 5.74) is 0. The molecule has 0 aliphatic carbocycles. The van der Waals surface area contributed by atoms with Crippen molar-refractivity contribution in [1.82, 2.24) is 5.32 Å². The molecule has 2 unspecified atom stereocenters. The zero-order chi connectivity index (χ0) is 8.81. The number of rotatable bonds is 5. The predicted octanol–water partition coefficient (Wildman–Crippen LogP) is 0.790. The van der Waals surface area contributed by atoms with E-state index in [0.29, 0.717) is 12.1 Å². The molecule has 1 fully saturated rings. The molecule has 1 heterocycles. The third kappa shape index (κ3) is 3.09. The summed E-state index contributed by atoms with van der Waals surface area (Å²) < 4.78 is 10.5. The highest BCUT2D eigenvalue weighted by molar-refractivity contribution is 4.76. The smallest absolute Gasteiger partial charge is 0.0726 e. The third-order valence-corrected chi connectivity index (χ3v) is 2.30. The van der Waals surface area contributed by atoms with Crippen LogP contribution >= 0.6 is 0 Å². The molecule has 0 aromatic rings. The molecule has 0 aromatic heterocycles. The Hall–Kier alpha value is -0.120. The third-order valence-electron chi connectivity index (χ3n) is 2.30. The number of hydrogen-bond acceptors (Lipinski definition) is 3. The second-order valence-corrected chi connectivity index (χ2v) is 3.29. The largest absolute Gasteiger partial charge is 0.383 e. The van der Waals surface area contributed by atoms with Gasteiger partial charge >= 0.3 is 0 Å². The lowest BCUT2D eigenvalue weighted by atomic mass is 10.1. The van der Waals surface area contributed by atoms with Crippen LogP contribution in [0.1, 0.15) is 19.8 Å². The van der Waals surface area contributed by atoms with E-state index in [2.05, 4.69) is 12.2 Å². The second kappa shape index (κ2) is 5.51. The normalized spacial score (nSPS) is 26.0. The first kappa shape index (κ1) is 9.96. The lowest BCUT2D eigenvalue weighted by molar-refractivity contribution is 0.0804. The van der Waals surface area contributed by atoms with E-state index in [9.17, 15) is 0 Å². The number of ether oxygens (including phenoxy) is 2. The predicted molar refractivity (Wildman–Crippen MR) is 48.3 cm³/mol. The highest BCUT2D eigenvalue weighted by atomic mass is 16.5. The van der Waals surface area contributed by atoms with Crippen molar-refractivity contribution in [2.45, 2.75) is 31.9 Å². The van der Waals surface area contributed by atoms with Crippen LogP contribution in [0.4, 0.5) is 0 Å². The molecule has 1 saturated heterocycles. The molecule has 1 aliphatic rings. The van der Waals surface area contributed by atoms with Gasteiger partial charge in [0.2, 0.25) is 0 Å². The molecule has 0 aromatic carbocycles. The Morgan fingerprint density at radius 3 is 3.08 bits per heavy atom. The highest BCUT2D eigenvalue weighted by Gasteiger charge is 2.21. The molecule has 3 heteroatoms. The Kier molecular flexibility index (Phi) is 4.58. The lowest BCUT2D eigenvalue weighted by Crippen LogP contribution is -2.38. The molecule has 0 radical (unpaired) electrons. The average Bonchev–Trinajstić information content (AvgIpc) is 2.56. The summed E-state index contributed by atoms with van der Waals surface area (Å²) >= 11 is 0. The topological polar surface area (TPSA) is 30.5 Å². The summed E-state index contributed by atoms with van der Waals surface area (Å²) in [5, 5.41) is 3.38. The van der Waals surface area contributed by atoms with Gasteiger partial charge in [-0.3, -0.25) is 0 Å². The quantitative estimate of drug-likeness (QED) is 0.623. The molecule has 1 rings (SSSR count). The molecular formula is C9H19NO2. The highest BCUT2D eigenvalue weighted by Crippen LogP contribution is 2.14. The Labute approximate surface area is 74.4 Å². The van der Waals surface area contributed by atoms with Crippen molar-refractivity contribution in [3.05, 3.63) is 0 Å². The van der Waals surface area contributed by atoms with E-state index < -0.39 is 0 Å². The van der Waals surface area contributed by atoms with Crippen molar-refractivity contribution in [2.24, 2.45) is 0 Å². The van der Waals surface area contributed by atoms with Crippen molar-refractivity contribution < 1.29 is 9.47 Å². The molecule has 2 atom stereocenters. The lowest BCUT2D eigenvalue weighted by Gasteiger charge is -2.19.